The SMILES string of the molecule is CCn1cc(CCN2C(=O)NC3(CCc4ccccc4C3)C2=O)cn1. The van der Waals surface area contributed by atoms with Gasteiger partial charge in [-0.2, -0.15) is 5.10 Å². The fourth-order valence-corrected chi connectivity index (χ4v) is 3.85. The van der Waals surface area contributed by atoms with Crippen LogP contribution in [0.5, 0.6) is 0 Å². The van der Waals surface area contributed by atoms with E-state index in [-0.39, 0.29) is 11.9 Å². The maximum Gasteiger partial charge on any atom is 0.325 e. The van der Waals surface area contributed by atoms with Gasteiger partial charge in [-0.05, 0) is 42.9 Å². The van der Waals surface area contributed by atoms with Gasteiger partial charge in [-0.15, -0.1) is 0 Å². The molecule has 1 aromatic heterocycles. The molecule has 1 spiro atoms. The van der Waals surface area contributed by atoms with E-state index in [4.69, 9.17) is 0 Å². The average molecular weight is 338 g/mol. The predicted molar refractivity (Wildman–Crippen MR) is 93.0 cm³/mol. The number of benzene rings is 1. The molecule has 0 bridgehead atoms. The zero-order valence-electron chi connectivity index (χ0n) is 14.4. The van der Waals surface area contributed by atoms with Gasteiger partial charge in [0.15, 0.2) is 0 Å². The number of nitrogens with zero attached hydrogens (tertiary/aromatic N) is 3. The van der Waals surface area contributed by atoms with Crippen LogP contribution in [-0.2, 0) is 30.6 Å². The zero-order valence-corrected chi connectivity index (χ0v) is 14.4. The first-order chi connectivity index (χ1) is 12.1. The molecule has 2 aromatic rings. The van der Waals surface area contributed by atoms with Crippen molar-refractivity contribution in [3.63, 3.8) is 0 Å². The molecule has 0 saturated carbocycles. The van der Waals surface area contributed by atoms with E-state index in [1.54, 1.807) is 6.20 Å². The molecule has 6 heteroatoms. The van der Waals surface area contributed by atoms with Gasteiger partial charge in [-0.25, -0.2) is 4.79 Å². The summed E-state index contributed by atoms with van der Waals surface area (Å²) in [7, 11) is 0. The van der Waals surface area contributed by atoms with Crippen LogP contribution in [0.1, 0.15) is 30.0 Å². The van der Waals surface area contributed by atoms with Gasteiger partial charge in [0.2, 0.25) is 0 Å². The van der Waals surface area contributed by atoms with Gasteiger partial charge in [0.05, 0.1) is 6.20 Å². The van der Waals surface area contributed by atoms with E-state index in [0.29, 0.717) is 25.8 Å². The van der Waals surface area contributed by atoms with Crippen LogP contribution in [-0.4, -0.2) is 38.7 Å². The summed E-state index contributed by atoms with van der Waals surface area (Å²) in [6.07, 6.45) is 6.46. The van der Waals surface area contributed by atoms with Crippen LogP contribution in [0.25, 0.3) is 0 Å². The third-order valence-corrected chi connectivity index (χ3v) is 5.31. The molecule has 0 radical (unpaired) electrons. The van der Waals surface area contributed by atoms with Crippen LogP contribution < -0.4 is 5.32 Å². The summed E-state index contributed by atoms with van der Waals surface area (Å²) in [5.41, 5.74) is 2.71. The number of imide groups is 1. The number of carbonyl (C=O) groups excluding carboxylic acids is 2. The lowest BCUT2D eigenvalue weighted by molar-refractivity contribution is -0.131. The van der Waals surface area contributed by atoms with Crippen molar-refractivity contribution in [2.45, 2.75) is 44.7 Å². The number of rotatable bonds is 4. The molecule has 1 aliphatic carbocycles. The summed E-state index contributed by atoms with van der Waals surface area (Å²) in [5.74, 6) is -0.0881. The zero-order chi connectivity index (χ0) is 17.4. The highest BCUT2D eigenvalue weighted by molar-refractivity contribution is 6.07. The second-order valence-electron chi connectivity index (χ2n) is 6.87. The minimum absolute atomic E-state index is 0.0881. The largest absolute Gasteiger partial charge is 0.325 e. The summed E-state index contributed by atoms with van der Waals surface area (Å²) < 4.78 is 1.85. The normalized spacial score (nSPS) is 22.4. The molecule has 1 aliphatic heterocycles. The Labute approximate surface area is 146 Å². The van der Waals surface area contributed by atoms with Crippen molar-refractivity contribution >= 4 is 11.9 Å². The summed E-state index contributed by atoms with van der Waals surface area (Å²) in [5, 5.41) is 7.22. The Morgan fingerprint density at radius 1 is 1.24 bits per heavy atom. The quantitative estimate of drug-likeness (QED) is 0.866. The van der Waals surface area contributed by atoms with E-state index in [0.717, 1.165) is 24.1 Å². The topological polar surface area (TPSA) is 67.2 Å². The standard InChI is InChI=1S/C19H22N4O2/c1-2-22-13-14(12-20-22)8-10-23-17(24)19(21-18(23)25)9-7-15-5-3-4-6-16(15)11-19/h3-6,12-13H,2,7-11H2,1H3,(H,21,25). The van der Waals surface area contributed by atoms with Crippen LogP contribution in [0.3, 0.4) is 0 Å². The average Bonchev–Trinajstić information content (AvgIpc) is 3.17. The van der Waals surface area contributed by atoms with E-state index < -0.39 is 5.54 Å². The number of aromatic nitrogens is 2. The monoisotopic (exact) mass is 338 g/mol. The smallest absolute Gasteiger partial charge is 0.323 e. The number of urea groups is 1. The first-order valence-corrected chi connectivity index (χ1v) is 8.83. The van der Waals surface area contributed by atoms with E-state index in [1.165, 1.54) is 10.5 Å². The highest BCUT2D eigenvalue weighted by Crippen LogP contribution is 2.33. The third kappa shape index (κ3) is 2.71. The molecule has 25 heavy (non-hydrogen) atoms. The molecule has 130 valence electrons. The Bertz CT molecular complexity index is 828. The molecule has 1 saturated heterocycles. The minimum Gasteiger partial charge on any atom is -0.323 e. The lowest BCUT2D eigenvalue weighted by atomic mass is 9.78. The van der Waals surface area contributed by atoms with Crippen molar-refractivity contribution in [1.82, 2.24) is 20.0 Å². The number of hydrogen-bond donors (Lipinski definition) is 1. The van der Waals surface area contributed by atoms with Gasteiger partial charge >= 0.3 is 6.03 Å². The number of fused-ring (bicyclic) bond motifs is 1. The van der Waals surface area contributed by atoms with Gasteiger partial charge in [0.25, 0.3) is 5.91 Å². The van der Waals surface area contributed by atoms with Gasteiger partial charge in [-0.1, -0.05) is 24.3 Å². The van der Waals surface area contributed by atoms with Crippen LogP contribution in [0.15, 0.2) is 36.7 Å². The van der Waals surface area contributed by atoms with Gasteiger partial charge in [0, 0.05) is 25.7 Å². The summed E-state index contributed by atoms with van der Waals surface area (Å²) in [4.78, 5) is 26.8. The van der Waals surface area contributed by atoms with Crippen molar-refractivity contribution in [2.24, 2.45) is 0 Å². The molecule has 1 atom stereocenters. The molecule has 4 rings (SSSR count). The fourth-order valence-electron chi connectivity index (χ4n) is 3.85. The number of aryl methyl sites for hydroxylation is 2. The number of hydrogen-bond acceptors (Lipinski definition) is 3. The Kier molecular flexibility index (Phi) is 3.82. The van der Waals surface area contributed by atoms with Crippen molar-refractivity contribution in [3.8, 4) is 0 Å². The van der Waals surface area contributed by atoms with Crippen molar-refractivity contribution in [1.29, 1.82) is 0 Å². The first-order valence-electron chi connectivity index (χ1n) is 8.83. The van der Waals surface area contributed by atoms with Gasteiger partial charge < -0.3 is 5.32 Å². The fraction of sp³-hybridized carbons (Fsp3) is 0.421. The molecule has 1 unspecified atom stereocenters. The van der Waals surface area contributed by atoms with Crippen molar-refractivity contribution in [3.05, 3.63) is 53.3 Å². The number of amides is 3. The van der Waals surface area contributed by atoms with Crippen LogP contribution in [0.4, 0.5) is 4.79 Å². The van der Waals surface area contributed by atoms with E-state index in [9.17, 15) is 9.59 Å². The first kappa shape index (κ1) is 15.9. The van der Waals surface area contributed by atoms with Gasteiger partial charge in [0.1, 0.15) is 5.54 Å². The molecule has 6 nitrogen and oxygen atoms in total. The number of nitrogens with one attached hydrogen (secondary N) is 1. The summed E-state index contributed by atoms with van der Waals surface area (Å²) >= 11 is 0. The molecule has 2 aliphatic rings. The Morgan fingerprint density at radius 2 is 2.04 bits per heavy atom. The molecule has 3 amide bonds. The van der Waals surface area contributed by atoms with E-state index >= 15 is 0 Å². The van der Waals surface area contributed by atoms with Crippen LogP contribution in [0.2, 0.25) is 0 Å². The summed E-state index contributed by atoms with van der Waals surface area (Å²) in [6, 6.07) is 7.90. The molecular weight excluding hydrogens is 316 g/mol. The maximum atomic E-state index is 13.0. The highest BCUT2D eigenvalue weighted by atomic mass is 16.2. The third-order valence-electron chi connectivity index (χ3n) is 5.31. The Hall–Kier alpha value is -2.63. The predicted octanol–water partition coefficient (Wildman–Crippen LogP) is 1.92. The number of carbonyl (C=O) groups is 2. The second kappa shape index (κ2) is 6.02. The van der Waals surface area contributed by atoms with Crippen molar-refractivity contribution < 1.29 is 9.59 Å². The molecule has 1 aromatic carbocycles. The second-order valence-corrected chi connectivity index (χ2v) is 6.87. The molecule has 1 N–H and O–H groups in total. The van der Waals surface area contributed by atoms with Gasteiger partial charge in [-0.3, -0.25) is 14.4 Å². The lowest BCUT2D eigenvalue weighted by Gasteiger charge is -2.32. The van der Waals surface area contributed by atoms with Crippen molar-refractivity contribution in [2.75, 3.05) is 6.54 Å². The Balaban J connectivity index is 1.49. The lowest BCUT2D eigenvalue weighted by Crippen LogP contribution is -2.51. The van der Waals surface area contributed by atoms with Crippen LogP contribution in [0, 0.1) is 0 Å². The minimum atomic E-state index is -0.765. The molecule has 1 fully saturated rings. The van der Waals surface area contributed by atoms with E-state index in [1.807, 2.05) is 29.9 Å². The van der Waals surface area contributed by atoms with Crippen LogP contribution >= 0.6 is 0 Å². The summed E-state index contributed by atoms with van der Waals surface area (Å²) in [6.45, 7) is 3.23. The van der Waals surface area contributed by atoms with E-state index in [2.05, 4.69) is 22.5 Å². The molecular formula is C19H22N4O2. The molecule has 2 heterocycles. The Morgan fingerprint density at radius 3 is 2.80 bits per heavy atom. The highest BCUT2D eigenvalue weighted by Gasteiger charge is 2.51. The maximum absolute atomic E-state index is 13.0.